The lowest BCUT2D eigenvalue weighted by molar-refractivity contribution is 0.724. The fraction of sp³-hybridized carbons (Fsp3) is 0.286. The molecule has 19 heavy (non-hydrogen) atoms. The summed E-state index contributed by atoms with van der Waals surface area (Å²) in [6.07, 6.45) is 1.72. The number of hydrogen-bond donors (Lipinski definition) is 0. The maximum Gasteiger partial charge on any atom is 0.224 e. The van der Waals surface area contributed by atoms with Crippen LogP contribution in [0, 0.1) is 6.92 Å². The Morgan fingerprint density at radius 1 is 1.21 bits per heavy atom. The molecule has 0 radical (unpaired) electrons. The third kappa shape index (κ3) is 2.99. The molecular formula is C14H15Cl2N3. The molecule has 1 unspecified atom stereocenters. The molecule has 0 spiro atoms. The number of aromatic nitrogens is 2. The maximum absolute atomic E-state index is 6.24. The van der Waals surface area contributed by atoms with Gasteiger partial charge in [-0.25, -0.2) is 9.97 Å². The van der Waals surface area contributed by atoms with Gasteiger partial charge in [0.25, 0.3) is 0 Å². The number of rotatable bonds is 3. The van der Waals surface area contributed by atoms with Crippen LogP contribution in [-0.4, -0.2) is 17.0 Å². The molecule has 0 bridgehead atoms. The lowest BCUT2D eigenvalue weighted by Gasteiger charge is -2.28. The van der Waals surface area contributed by atoms with Gasteiger partial charge in [-0.05, 0) is 37.1 Å². The summed E-state index contributed by atoms with van der Waals surface area (Å²) >= 11 is 12.1. The van der Waals surface area contributed by atoms with Gasteiger partial charge in [0.2, 0.25) is 5.28 Å². The van der Waals surface area contributed by atoms with E-state index in [-0.39, 0.29) is 11.3 Å². The molecule has 0 N–H and O–H groups in total. The minimum absolute atomic E-state index is 0.0957. The zero-order chi connectivity index (χ0) is 14.0. The van der Waals surface area contributed by atoms with Gasteiger partial charge >= 0.3 is 0 Å². The van der Waals surface area contributed by atoms with Crippen LogP contribution in [0.3, 0.4) is 0 Å². The molecule has 2 rings (SSSR count). The largest absolute Gasteiger partial charge is 0.352 e. The number of nitrogens with zero attached hydrogens (tertiary/aromatic N) is 3. The third-order valence-electron chi connectivity index (χ3n) is 3.19. The number of halogens is 2. The van der Waals surface area contributed by atoms with Gasteiger partial charge in [-0.3, -0.25) is 0 Å². The van der Waals surface area contributed by atoms with Crippen LogP contribution in [0.1, 0.15) is 24.1 Å². The van der Waals surface area contributed by atoms with Crippen molar-refractivity contribution in [3.8, 4) is 0 Å². The minimum Gasteiger partial charge on any atom is -0.352 e. The molecular weight excluding hydrogens is 281 g/mol. The SMILES string of the molecule is Cc1cnc(Cl)nc1N(C)C(C)c1ccccc1Cl. The summed E-state index contributed by atoms with van der Waals surface area (Å²) in [6, 6.07) is 7.90. The molecule has 5 heteroatoms. The predicted octanol–water partition coefficient (Wildman–Crippen LogP) is 4.29. The Balaban J connectivity index is 2.36. The molecule has 1 atom stereocenters. The highest BCUT2D eigenvalue weighted by molar-refractivity contribution is 6.31. The molecule has 0 amide bonds. The van der Waals surface area contributed by atoms with Crippen LogP contribution in [0.2, 0.25) is 10.3 Å². The van der Waals surface area contributed by atoms with E-state index in [0.29, 0.717) is 0 Å². The van der Waals surface area contributed by atoms with Gasteiger partial charge in [0.05, 0.1) is 6.04 Å². The van der Waals surface area contributed by atoms with Crippen LogP contribution < -0.4 is 4.90 Å². The summed E-state index contributed by atoms with van der Waals surface area (Å²) in [5.74, 6) is 0.812. The lowest BCUT2D eigenvalue weighted by atomic mass is 10.1. The van der Waals surface area contributed by atoms with Crippen molar-refractivity contribution in [2.45, 2.75) is 19.9 Å². The van der Waals surface area contributed by atoms with Gasteiger partial charge in [0, 0.05) is 23.8 Å². The Kier molecular flexibility index (Phi) is 4.27. The van der Waals surface area contributed by atoms with Crippen LogP contribution in [0.4, 0.5) is 5.82 Å². The van der Waals surface area contributed by atoms with Gasteiger partial charge in [-0.1, -0.05) is 29.8 Å². The fourth-order valence-electron chi connectivity index (χ4n) is 1.98. The summed E-state index contributed by atoms with van der Waals surface area (Å²) in [6.45, 7) is 4.04. The fourth-order valence-corrected chi connectivity index (χ4v) is 2.40. The van der Waals surface area contributed by atoms with Crippen LogP contribution >= 0.6 is 23.2 Å². The van der Waals surface area contributed by atoms with Crippen molar-refractivity contribution in [1.82, 2.24) is 9.97 Å². The van der Waals surface area contributed by atoms with E-state index in [4.69, 9.17) is 23.2 Å². The first kappa shape index (κ1) is 14.1. The molecule has 0 saturated carbocycles. The standard InChI is InChI=1S/C14H15Cl2N3/c1-9-8-17-14(16)18-13(9)19(3)10(2)11-6-4-5-7-12(11)15/h4-8,10H,1-3H3. The van der Waals surface area contributed by atoms with Crippen molar-refractivity contribution in [3.63, 3.8) is 0 Å². The van der Waals surface area contributed by atoms with Gasteiger partial charge < -0.3 is 4.90 Å². The lowest BCUT2D eigenvalue weighted by Crippen LogP contribution is -2.24. The van der Waals surface area contributed by atoms with Crippen molar-refractivity contribution in [3.05, 3.63) is 51.9 Å². The molecule has 0 aliphatic carbocycles. The van der Waals surface area contributed by atoms with Crippen molar-refractivity contribution in [2.24, 2.45) is 0 Å². The van der Waals surface area contributed by atoms with E-state index in [2.05, 4.69) is 16.9 Å². The quantitative estimate of drug-likeness (QED) is 0.791. The molecule has 100 valence electrons. The number of benzene rings is 1. The summed E-state index contributed by atoms with van der Waals surface area (Å²) in [5.41, 5.74) is 2.03. The Bertz CT molecular complexity index is 587. The Hall–Kier alpha value is -1.32. The van der Waals surface area contributed by atoms with E-state index in [1.54, 1.807) is 6.20 Å². The Morgan fingerprint density at radius 3 is 2.58 bits per heavy atom. The summed E-state index contributed by atoms with van der Waals surface area (Å²) in [7, 11) is 1.97. The molecule has 0 fully saturated rings. The zero-order valence-corrected chi connectivity index (χ0v) is 12.6. The van der Waals surface area contributed by atoms with Crippen LogP contribution in [0.5, 0.6) is 0 Å². The molecule has 1 heterocycles. The minimum atomic E-state index is 0.0957. The third-order valence-corrected chi connectivity index (χ3v) is 3.71. The second-order valence-electron chi connectivity index (χ2n) is 4.45. The number of hydrogen-bond acceptors (Lipinski definition) is 3. The molecule has 0 aliphatic heterocycles. The van der Waals surface area contributed by atoms with Gasteiger partial charge in [-0.15, -0.1) is 0 Å². The highest BCUT2D eigenvalue weighted by atomic mass is 35.5. The predicted molar refractivity (Wildman–Crippen MR) is 80.0 cm³/mol. The summed E-state index contributed by atoms with van der Waals surface area (Å²) < 4.78 is 0. The summed E-state index contributed by atoms with van der Waals surface area (Å²) in [4.78, 5) is 10.3. The Labute approximate surface area is 123 Å². The van der Waals surface area contributed by atoms with Gasteiger partial charge in [0.1, 0.15) is 5.82 Å². The molecule has 0 saturated heterocycles. The van der Waals surface area contributed by atoms with Crippen LogP contribution in [0.25, 0.3) is 0 Å². The topological polar surface area (TPSA) is 29.0 Å². The Morgan fingerprint density at radius 2 is 1.89 bits per heavy atom. The van der Waals surface area contributed by atoms with Gasteiger partial charge in [0.15, 0.2) is 0 Å². The van der Waals surface area contributed by atoms with Crippen molar-refractivity contribution in [2.75, 3.05) is 11.9 Å². The van der Waals surface area contributed by atoms with Crippen LogP contribution in [0.15, 0.2) is 30.5 Å². The molecule has 2 aromatic rings. The van der Waals surface area contributed by atoms with Crippen LogP contribution in [-0.2, 0) is 0 Å². The van der Waals surface area contributed by atoms with E-state index in [1.807, 2.05) is 43.1 Å². The summed E-state index contributed by atoms with van der Waals surface area (Å²) in [5, 5.41) is 0.999. The van der Waals surface area contributed by atoms with Crippen molar-refractivity contribution < 1.29 is 0 Å². The highest BCUT2D eigenvalue weighted by Gasteiger charge is 2.18. The average Bonchev–Trinajstić information content (AvgIpc) is 2.40. The van der Waals surface area contributed by atoms with Crippen molar-refractivity contribution in [1.29, 1.82) is 0 Å². The smallest absolute Gasteiger partial charge is 0.224 e. The molecule has 0 aliphatic rings. The second-order valence-corrected chi connectivity index (χ2v) is 5.20. The average molecular weight is 296 g/mol. The molecule has 1 aromatic heterocycles. The van der Waals surface area contributed by atoms with E-state index < -0.39 is 0 Å². The highest BCUT2D eigenvalue weighted by Crippen LogP contribution is 2.30. The van der Waals surface area contributed by atoms with Crippen molar-refractivity contribution >= 4 is 29.0 Å². The van der Waals surface area contributed by atoms with E-state index in [1.165, 1.54) is 0 Å². The number of anilines is 1. The van der Waals surface area contributed by atoms with Gasteiger partial charge in [-0.2, -0.15) is 0 Å². The molecule has 1 aromatic carbocycles. The first-order valence-electron chi connectivity index (χ1n) is 5.97. The second kappa shape index (κ2) is 5.76. The maximum atomic E-state index is 6.24. The zero-order valence-electron chi connectivity index (χ0n) is 11.1. The number of aryl methyl sites for hydroxylation is 1. The van der Waals surface area contributed by atoms with E-state index in [9.17, 15) is 0 Å². The first-order chi connectivity index (χ1) is 9.00. The monoisotopic (exact) mass is 295 g/mol. The normalized spacial score (nSPS) is 12.3. The van der Waals surface area contributed by atoms with E-state index >= 15 is 0 Å². The van der Waals surface area contributed by atoms with E-state index in [0.717, 1.165) is 22.0 Å². The molecule has 3 nitrogen and oxygen atoms in total. The first-order valence-corrected chi connectivity index (χ1v) is 6.72.